The molecule has 2 aromatic carbocycles. The highest BCUT2D eigenvalue weighted by Gasteiger charge is 2.12. The number of ether oxygens (including phenoxy) is 1. The molecule has 0 amide bonds. The standard InChI is InChI=1S/C14H15FN2O/c1-18-13-4-2-3-11(9-13)14(17-16)10-5-7-12(15)8-6-10/h2-9,14,17H,16H2,1H3. The topological polar surface area (TPSA) is 47.3 Å². The van der Waals surface area contributed by atoms with Crippen LogP contribution in [0.15, 0.2) is 48.5 Å². The Labute approximate surface area is 105 Å². The highest BCUT2D eigenvalue weighted by molar-refractivity contribution is 5.36. The van der Waals surface area contributed by atoms with Gasteiger partial charge in [-0.2, -0.15) is 0 Å². The zero-order valence-electron chi connectivity index (χ0n) is 10.1. The Morgan fingerprint density at radius 2 is 1.83 bits per heavy atom. The predicted octanol–water partition coefficient (Wildman–Crippen LogP) is 2.39. The normalized spacial score (nSPS) is 12.2. The van der Waals surface area contributed by atoms with E-state index in [9.17, 15) is 4.39 Å². The molecule has 4 heteroatoms. The molecule has 0 fully saturated rings. The van der Waals surface area contributed by atoms with E-state index < -0.39 is 0 Å². The number of hydrogen-bond donors (Lipinski definition) is 2. The van der Waals surface area contributed by atoms with Gasteiger partial charge >= 0.3 is 0 Å². The van der Waals surface area contributed by atoms with Crippen LogP contribution >= 0.6 is 0 Å². The molecule has 1 unspecified atom stereocenters. The van der Waals surface area contributed by atoms with Crippen molar-refractivity contribution in [1.82, 2.24) is 5.43 Å². The maximum absolute atomic E-state index is 12.9. The maximum Gasteiger partial charge on any atom is 0.123 e. The third kappa shape index (κ3) is 2.67. The lowest BCUT2D eigenvalue weighted by Crippen LogP contribution is -2.28. The van der Waals surface area contributed by atoms with Crippen LogP contribution in [0.2, 0.25) is 0 Å². The van der Waals surface area contributed by atoms with Gasteiger partial charge in [0.1, 0.15) is 11.6 Å². The van der Waals surface area contributed by atoms with Crippen molar-refractivity contribution >= 4 is 0 Å². The molecule has 0 saturated carbocycles. The van der Waals surface area contributed by atoms with Gasteiger partial charge in [0.2, 0.25) is 0 Å². The molecule has 0 aliphatic carbocycles. The molecule has 0 heterocycles. The lowest BCUT2D eigenvalue weighted by molar-refractivity contribution is 0.413. The Morgan fingerprint density at radius 1 is 1.11 bits per heavy atom. The number of nitrogens with one attached hydrogen (secondary N) is 1. The minimum absolute atomic E-state index is 0.194. The van der Waals surface area contributed by atoms with Crippen molar-refractivity contribution in [2.24, 2.45) is 5.84 Å². The smallest absolute Gasteiger partial charge is 0.123 e. The van der Waals surface area contributed by atoms with Crippen LogP contribution in [0.5, 0.6) is 5.75 Å². The molecule has 94 valence electrons. The number of halogens is 1. The fourth-order valence-electron chi connectivity index (χ4n) is 1.86. The average Bonchev–Trinajstić information content (AvgIpc) is 2.42. The van der Waals surface area contributed by atoms with Crippen molar-refractivity contribution < 1.29 is 9.13 Å². The van der Waals surface area contributed by atoms with Crippen LogP contribution < -0.4 is 16.0 Å². The Morgan fingerprint density at radius 3 is 2.44 bits per heavy atom. The van der Waals surface area contributed by atoms with Gasteiger partial charge in [-0.05, 0) is 35.4 Å². The zero-order chi connectivity index (χ0) is 13.0. The summed E-state index contributed by atoms with van der Waals surface area (Å²) in [7, 11) is 1.61. The summed E-state index contributed by atoms with van der Waals surface area (Å²) in [6, 6.07) is 13.6. The molecule has 0 spiro atoms. The quantitative estimate of drug-likeness (QED) is 0.643. The SMILES string of the molecule is COc1cccc(C(NN)c2ccc(F)cc2)c1. The lowest BCUT2D eigenvalue weighted by Gasteiger charge is -2.17. The van der Waals surface area contributed by atoms with Gasteiger partial charge < -0.3 is 4.74 Å². The molecular weight excluding hydrogens is 231 g/mol. The van der Waals surface area contributed by atoms with E-state index in [2.05, 4.69) is 5.43 Å². The first-order valence-corrected chi connectivity index (χ1v) is 5.60. The first-order valence-electron chi connectivity index (χ1n) is 5.60. The van der Waals surface area contributed by atoms with Gasteiger partial charge in [0.15, 0.2) is 0 Å². The first kappa shape index (κ1) is 12.5. The van der Waals surface area contributed by atoms with Gasteiger partial charge in [-0.25, -0.2) is 9.82 Å². The molecule has 0 aliphatic heterocycles. The highest BCUT2D eigenvalue weighted by Crippen LogP contribution is 2.24. The zero-order valence-corrected chi connectivity index (χ0v) is 10.1. The fraction of sp³-hybridized carbons (Fsp3) is 0.143. The second kappa shape index (κ2) is 5.62. The van der Waals surface area contributed by atoms with E-state index >= 15 is 0 Å². The summed E-state index contributed by atoms with van der Waals surface area (Å²) in [5, 5.41) is 0. The molecular formula is C14H15FN2O. The number of methoxy groups -OCH3 is 1. The summed E-state index contributed by atoms with van der Waals surface area (Å²) in [6.07, 6.45) is 0. The molecule has 2 rings (SSSR count). The van der Waals surface area contributed by atoms with Crippen molar-refractivity contribution in [3.63, 3.8) is 0 Å². The molecule has 0 radical (unpaired) electrons. The molecule has 0 aliphatic rings. The molecule has 1 atom stereocenters. The van der Waals surface area contributed by atoms with Crippen molar-refractivity contribution in [1.29, 1.82) is 0 Å². The minimum Gasteiger partial charge on any atom is -0.497 e. The summed E-state index contributed by atoms with van der Waals surface area (Å²) in [4.78, 5) is 0. The van der Waals surface area contributed by atoms with E-state index in [1.165, 1.54) is 12.1 Å². The Kier molecular flexibility index (Phi) is 3.92. The molecule has 0 saturated heterocycles. The van der Waals surface area contributed by atoms with Crippen molar-refractivity contribution in [3.8, 4) is 5.75 Å². The summed E-state index contributed by atoms with van der Waals surface area (Å²) < 4.78 is 18.1. The van der Waals surface area contributed by atoms with E-state index in [-0.39, 0.29) is 11.9 Å². The van der Waals surface area contributed by atoms with Gasteiger partial charge in [0, 0.05) is 0 Å². The predicted molar refractivity (Wildman–Crippen MR) is 68.6 cm³/mol. The second-order valence-corrected chi connectivity index (χ2v) is 3.93. The highest BCUT2D eigenvalue weighted by atomic mass is 19.1. The van der Waals surface area contributed by atoms with Crippen molar-refractivity contribution in [2.45, 2.75) is 6.04 Å². The summed E-state index contributed by atoms with van der Waals surface area (Å²) >= 11 is 0. The average molecular weight is 246 g/mol. The number of hydrazine groups is 1. The van der Waals surface area contributed by atoms with Gasteiger partial charge in [0.05, 0.1) is 13.2 Å². The van der Waals surface area contributed by atoms with Gasteiger partial charge in [-0.3, -0.25) is 5.84 Å². The van der Waals surface area contributed by atoms with E-state index in [0.717, 1.165) is 16.9 Å². The van der Waals surface area contributed by atoms with Crippen LogP contribution in [-0.4, -0.2) is 7.11 Å². The van der Waals surface area contributed by atoms with Crippen LogP contribution in [0, 0.1) is 5.82 Å². The third-order valence-electron chi connectivity index (χ3n) is 2.80. The molecule has 0 bridgehead atoms. The van der Waals surface area contributed by atoms with Gasteiger partial charge in [-0.15, -0.1) is 0 Å². The van der Waals surface area contributed by atoms with Gasteiger partial charge in [-0.1, -0.05) is 24.3 Å². The van der Waals surface area contributed by atoms with Crippen LogP contribution in [0.25, 0.3) is 0 Å². The molecule has 18 heavy (non-hydrogen) atoms. The molecule has 3 nitrogen and oxygen atoms in total. The summed E-state index contributed by atoms with van der Waals surface area (Å²) in [6.45, 7) is 0. The number of nitrogens with two attached hydrogens (primary N) is 1. The maximum atomic E-state index is 12.9. The van der Waals surface area contributed by atoms with E-state index in [0.29, 0.717) is 0 Å². The summed E-state index contributed by atoms with van der Waals surface area (Å²) in [5.74, 6) is 6.08. The van der Waals surface area contributed by atoms with Crippen LogP contribution in [0.3, 0.4) is 0 Å². The molecule has 2 aromatic rings. The van der Waals surface area contributed by atoms with Crippen LogP contribution in [-0.2, 0) is 0 Å². The monoisotopic (exact) mass is 246 g/mol. The number of hydrogen-bond acceptors (Lipinski definition) is 3. The van der Waals surface area contributed by atoms with Crippen LogP contribution in [0.1, 0.15) is 17.2 Å². The molecule has 3 N–H and O–H groups in total. The Balaban J connectivity index is 2.35. The van der Waals surface area contributed by atoms with Crippen molar-refractivity contribution in [3.05, 3.63) is 65.5 Å². The Bertz CT molecular complexity index is 513. The lowest BCUT2D eigenvalue weighted by atomic mass is 9.99. The largest absolute Gasteiger partial charge is 0.497 e. The van der Waals surface area contributed by atoms with E-state index in [4.69, 9.17) is 10.6 Å². The van der Waals surface area contributed by atoms with Crippen molar-refractivity contribution in [2.75, 3.05) is 7.11 Å². The Hall–Kier alpha value is -1.91. The van der Waals surface area contributed by atoms with Crippen LogP contribution in [0.4, 0.5) is 4.39 Å². The molecule has 0 aromatic heterocycles. The van der Waals surface area contributed by atoms with E-state index in [1.807, 2.05) is 24.3 Å². The number of rotatable bonds is 4. The summed E-state index contributed by atoms with van der Waals surface area (Å²) in [5.41, 5.74) is 4.58. The second-order valence-electron chi connectivity index (χ2n) is 3.93. The van der Waals surface area contributed by atoms with Gasteiger partial charge in [0.25, 0.3) is 0 Å². The third-order valence-corrected chi connectivity index (χ3v) is 2.80. The first-order chi connectivity index (χ1) is 8.74. The van der Waals surface area contributed by atoms with E-state index in [1.54, 1.807) is 19.2 Å². The minimum atomic E-state index is -0.264. The fourth-order valence-corrected chi connectivity index (χ4v) is 1.86. The number of benzene rings is 2.